The van der Waals surface area contributed by atoms with Crippen LogP contribution in [0.5, 0.6) is 11.5 Å². The van der Waals surface area contributed by atoms with Gasteiger partial charge >= 0.3 is 0 Å². The van der Waals surface area contributed by atoms with Crippen LogP contribution in [0.15, 0.2) is 42.5 Å². The molecule has 0 aromatic heterocycles. The second kappa shape index (κ2) is 8.35. The second-order valence-corrected chi connectivity index (χ2v) is 7.31. The Morgan fingerprint density at radius 3 is 2.64 bits per heavy atom. The predicted octanol–water partition coefficient (Wildman–Crippen LogP) is 4.02. The minimum absolute atomic E-state index is 0.102. The van der Waals surface area contributed by atoms with Crippen molar-refractivity contribution >= 4 is 5.91 Å². The van der Waals surface area contributed by atoms with E-state index in [0.717, 1.165) is 48.4 Å². The van der Waals surface area contributed by atoms with E-state index in [0.29, 0.717) is 31.6 Å². The zero-order chi connectivity index (χ0) is 19.3. The number of carbonyl (C=O) groups is 1. The van der Waals surface area contributed by atoms with E-state index in [1.807, 2.05) is 29.2 Å². The normalized spacial score (nSPS) is 18.4. The molecular weight excluding hydrogens is 352 g/mol. The van der Waals surface area contributed by atoms with E-state index in [4.69, 9.17) is 14.7 Å². The van der Waals surface area contributed by atoms with Crippen LogP contribution in [0, 0.1) is 11.3 Å². The van der Waals surface area contributed by atoms with Crippen LogP contribution in [0.2, 0.25) is 0 Å². The van der Waals surface area contributed by atoms with Crippen LogP contribution in [-0.4, -0.2) is 30.6 Å². The zero-order valence-corrected chi connectivity index (χ0v) is 15.9. The van der Waals surface area contributed by atoms with Gasteiger partial charge in [0.1, 0.15) is 0 Å². The number of fused-ring (bicyclic) bond motifs is 1. The minimum atomic E-state index is 0.102. The van der Waals surface area contributed by atoms with Gasteiger partial charge in [-0.15, -0.1) is 0 Å². The van der Waals surface area contributed by atoms with E-state index in [2.05, 4.69) is 12.1 Å². The van der Waals surface area contributed by atoms with Crippen LogP contribution in [-0.2, 0) is 11.2 Å². The summed E-state index contributed by atoms with van der Waals surface area (Å²) in [5, 5.41) is 8.89. The molecule has 2 aliphatic heterocycles. The Morgan fingerprint density at radius 2 is 1.86 bits per heavy atom. The third kappa shape index (κ3) is 3.96. The van der Waals surface area contributed by atoms with Crippen LogP contribution in [0.3, 0.4) is 0 Å². The number of benzene rings is 2. The first-order valence-corrected chi connectivity index (χ1v) is 9.92. The van der Waals surface area contributed by atoms with E-state index in [9.17, 15) is 4.79 Å². The fourth-order valence-corrected chi connectivity index (χ4v) is 3.94. The average molecular weight is 376 g/mol. The summed E-state index contributed by atoms with van der Waals surface area (Å²) in [5.74, 6) is 1.75. The number of hydrogen-bond acceptors (Lipinski definition) is 4. The number of hydrogen-bond donors (Lipinski definition) is 0. The highest BCUT2D eigenvalue weighted by Gasteiger charge is 2.30. The van der Waals surface area contributed by atoms with Crippen LogP contribution in [0.25, 0.3) is 0 Å². The molecule has 2 aliphatic rings. The first kappa shape index (κ1) is 18.4. The van der Waals surface area contributed by atoms with Crippen molar-refractivity contribution in [2.24, 2.45) is 0 Å². The van der Waals surface area contributed by atoms with Crippen molar-refractivity contribution in [1.82, 2.24) is 4.90 Å². The standard InChI is InChI=1S/C23H24N2O3/c24-16-18-6-4-17(5-7-18)8-11-23(26)25-12-1-3-20(25)19-9-10-21-22(15-19)28-14-2-13-27-21/h4-7,9-10,15,20H,1-3,8,11-14H2/t20-/m0/s1. The molecule has 1 atom stereocenters. The summed E-state index contributed by atoms with van der Waals surface area (Å²) >= 11 is 0. The Hall–Kier alpha value is -3.00. The highest BCUT2D eigenvalue weighted by atomic mass is 16.5. The number of likely N-dealkylation sites (tertiary alicyclic amines) is 1. The molecular formula is C23H24N2O3. The van der Waals surface area contributed by atoms with Gasteiger partial charge in [0, 0.05) is 19.4 Å². The third-order valence-corrected chi connectivity index (χ3v) is 5.44. The highest BCUT2D eigenvalue weighted by Crippen LogP contribution is 2.38. The molecule has 5 heteroatoms. The number of carbonyl (C=O) groups excluding carboxylic acids is 1. The molecule has 2 aromatic carbocycles. The van der Waals surface area contributed by atoms with Gasteiger partial charge in [-0.3, -0.25) is 4.79 Å². The molecule has 2 aromatic rings. The van der Waals surface area contributed by atoms with Crippen molar-refractivity contribution in [2.45, 2.75) is 38.1 Å². The fourth-order valence-electron chi connectivity index (χ4n) is 3.94. The maximum absolute atomic E-state index is 12.9. The van der Waals surface area contributed by atoms with Gasteiger partial charge in [0.25, 0.3) is 0 Å². The number of ether oxygens (including phenoxy) is 2. The molecule has 144 valence electrons. The maximum atomic E-state index is 12.9. The summed E-state index contributed by atoms with van der Waals surface area (Å²) in [6.45, 7) is 2.13. The van der Waals surface area contributed by atoms with E-state index in [-0.39, 0.29) is 11.9 Å². The number of nitriles is 1. The van der Waals surface area contributed by atoms with E-state index < -0.39 is 0 Å². The summed E-state index contributed by atoms with van der Waals surface area (Å²) in [7, 11) is 0. The summed E-state index contributed by atoms with van der Waals surface area (Å²) < 4.78 is 11.5. The summed E-state index contributed by atoms with van der Waals surface area (Å²) in [6.07, 6.45) is 4.04. The van der Waals surface area contributed by atoms with Crippen molar-refractivity contribution in [3.05, 3.63) is 59.2 Å². The topological polar surface area (TPSA) is 62.6 Å². The Labute approximate surface area is 165 Å². The largest absolute Gasteiger partial charge is 0.490 e. The van der Waals surface area contributed by atoms with Gasteiger partial charge < -0.3 is 14.4 Å². The van der Waals surface area contributed by atoms with E-state index in [1.165, 1.54) is 0 Å². The van der Waals surface area contributed by atoms with E-state index in [1.54, 1.807) is 12.1 Å². The zero-order valence-electron chi connectivity index (χ0n) is 15.9. The van der Waals surface area contributed by atoms with Crippen molar-refractivity contribution in [3.63, 3.8) is 0 Å². The lowest BCUT2D eigenvalue weighted by atomic mass is 10.0. The lowest BCUT2D eigenvalue weighted by Crippen LogP contribution is -2.30. The second-order valence-electron chi connectivity index (χ2n) is 7.31. The number of nitrogens with zero attached hydrogens (tertiary/aromatic N) is 2. The lowest BCUT2D eigenvalue weighted by Gasteiger charge is -2.26. The van der Waals surface area contributed by atoms with Crippen LogP contribution in [0.1, 0.15) is 48.4 Å². The molecule has 0 bridgehead atoms. The van der Waals surface area contributed by atoms with Gasteiger partial charge in [0.15, 0.2) is 11.5 Å². The summed E-state index contributed by atoms with van der Waals surface area (Å²) in [5.41, 5.74) is 2.84. The number of amides is 1. The highest BCUT2D eigenvalue weighted by molar-refractivity contribution is 5.77. The molecule has 0 spiro atoms. The van der Waals surface area contributed by atoms with E-state index >= 15 is 0 Å². The molecule has 1 saturated heterocycles. The quantitative estimate of drug-likeness (QED) is 0.809. The van der Waals surface area contributed by atoms with Gasteiger partial charge in [-0.2, -0.15) is 5.26 Å². The molecule has 4 rings (SSSR count). The molecule has 2 heterocycles. The molecule has 0 aliphatic carbocycles. The molecule has 0 N–H and O–H groups in total. The Kier molecular flexibility index (Phi) is 5.48. The number of aryl methyl sites for hydroxylation is 1. The van der Waals surface area contributed by atoms with Crippen LogP contribution in [0.4, 0.5) is 0 Å². The van der Waals surface area contributed by atoms with Crippen molar-refractivity contribution in [1.29, 1.82) is 5.26 Å². The summed E-state index contributed by atoms with van der Waals surface area (Å²) in [6, 6.07) is 15.7. The van der Waals surface area contributed by atoms with Crippen LogP contribution < -0.4 is 9.47 Å². The van der Waals surface area contributed by atoms with Crippen molar-refractivity contribution in [3.8, 4) is 17.6 Å². The molecule has 0 saturated carbocycles. The van der Waals surface area contributed by atoms with Crippen molar-refractivity contribution < 1.29 is 14.3 Å². The first-order valence-electron chi connectivity index (χ1n) is 9.92. The predicted molar refractivity (Wildman–Crippen MR) is 105 cm³/mol. The average Bonchev–Trinajstić information content (AvgIpc) is 3.11. The van der Waals surface area contributed by atoms with Gasteiger partial charge in [-0.05, 0) is 54.7 Å². The fraction of sp³-hybridized carbons (Fsp3) is 0.391. The SMILES string of the molecule is N#Cc1ccc(CCC(=O)N2CCC[C@H]2c2ccc3c(c2)OCCCO3)cc1. The molecule has 5 nitrogen and oxygen atoms in total. The summed E-state index contributed by atoms with van der Waals surface area (Å²) in [4.78, 5) is 14.9. The maximum Gasteiger partial charge on any atom is 0.223 e. The molecule has 28 heavy (non-hydrogen) atoms. The van der Waals surface area contributed by atoms with Crippen LogP contribution >= 0.6 is 0 Å². The molecule has 0 unspecified atom stereocenters. The van der Waals surface area contributed by atoms with Gasteiger partial charge in [-0.1, -0.05) is 18.2 Å². The van der Waals surface area contributed by atoms with Gasteiger partial charge in [-0.25, -0.2) is 0 Å². The Bertz CT molecular complexity index is 886. The van der Waals surface area contributed by atoms with Crippen molar-refractivity contribution in [2.75, 3.05) is 19.8 Å². The minimum Gasteiger partial charge on any atom is -0.490 e. The lowest BCUT2D eigenvalue weighted by molar-refractivity contribution is -0.132. The monoisotopic (exact) mass is 376 g/mol. The molecule has 0 radical (unpaired) electrons. The Morgan fingerprint density at radius 1 is 1.07 bits per heavy atom. The number of rotatable bonds is 4. The van der Waals surface area contributed by atoms with Gasteiger partial charge in [0.05, 0.1) is 30.9 Å². The molecule has 1 amide bonds. The third-order valence-electron chi connectivity index (χ3n) is 5.44. The molecule has 1 fully saturated rings. The van der Waals surface area contributed by atoms with Gasteiger partial charge in [0.2, 0.25) is 5.91 Å². The smallest absolute Gasteiger partial charge is 0.223 e. The Balaban J connectivity index is 1.43. The first-order chi connectivity index (χ1) is 13.7.